The van der Waals surface area contributed by atoms with E-state index in [0.29, 0.717) is 16.3 Å². The summed E-state index contributed by atoms with van der Waals surface area (Å²) >= 11 is 5.94. The van der Waals surface area contributed by atoms with Crippen LogP contribution in [-0.4, -0.2) is 17.5 Å². The number of alkyl halides is 2. The van der Waals surface area contributed by atoms with Gasteiger partial charge in [-0.15, -0.1) is 0 Å². The van der Waals surface area contributed by atoms with E-state index in [1.807, 2.05) is 0 Å². The first-order valence-corrected chi connectivity index (χ1v) is 7.94. The van der Waals surface area contributed by atoms with Crippen LogP contribution in [0.1, 0.15) is 29.0 Å². The molecule has 0 aliphatic carbocycles. The van der Waals surface area contributed by atoms with Crippen molar-refractivity contribution in [3.05, 3.63) is 64.8 Å². The van der Waals surface area contributed by atoms with Gasteiger partial charge in [-0.25, -0.2) is 0 Å². The molecule has 3 aromatic rings. The standard InChI is InChI=1S/C18H15ClF2N2O2/c1-10(13-4-2-3-5-16(13)25-18(20)21)22-17(24)15-8-11-6-7-12(19)9-14(11)23-15/h2-10,18,23H,1H3,(H,22,24). The van der Waals surface area contributed by atoms with Crippen molar-refractivity contribution in [3.63, 3.8) is 0 Å². The van der Waals surface area contributed by atoms with Crippen molar-refractivity contribution in [2.45, 2.75) is 19.6 Å². The van der Waals surface area contributed by atoms with E-state index in [4.69, 9.17) is 11.6 Å². The smallest absolute Gasteiger partial charge is 0.387 e. The van der Waals surface area contributed by atoms with Gasteiger partial charge < -0.3 is 15.0 Å². The lowest BCUT2D eigenvalue weighted by atomic mass is 10.1. The second kappa shape index (κ2) is 7.11. The molecule has 1 atom stereocenters. The van der Waals surface area contributed by atoms with Gasteiger partial charge in [0.1, 0.15) is 11.4 Å². The first-order chi connectivity index (χ1) is 11.9. The van der Waals surface area contributed by atoms with Gasteiger partial charge in [0.25, 0.3) is 5.91 Å². The van der Waals surface area contributed by atoms with Crippen LogP contribution in [0, 0.1) is 0 Å². The third-order valence-corrected chi connectivity index (χ3v) is 4.01. The number of hydrogen-bond donors (Lipinski definition) is 2. The highest BCUT2D eigenvalue weighted by molar-refractivity contribution is 6.31. The summed E-state index contributed by atoms with van der Waals surface area (Å²) in [4.78, 5) is 15.4. The molecule has 1 amide bonds. The van der Waals surface area contributed by atoms with Gasteiger partial charge in [0.15, 0.2) is 0 Å². The minimum atomic E-state index is -2.93. The molecule has 0 aliphatic rings. The molecule has 0 fully saturated rings. The van der Waals surface area contributed by atoms with Crippen LogP contribution >= 0.6 is 11.6 Å². The van der Waals surface area contributed by atoms with E-state index in [1.165, 1.54) is 6.07 Å². The zero-order valence-corrected chi connectivity index (χ0v) is 14.0. The Labute approximate surface area is 147 Å². The molecule has 2 aromatic carbocycles. The first-order valence-electron chi connectivity index (χ1n) is 7.57. The number of aromatic nitrogens is 1. The molecule has 2 N–H and O–H groups in total. The van der Waals surface area contributed by atoms with Crippen LogP contribution in [0.3, 0.4) is 0 Å². The van der Waals surface area contributed by atoms with Crippen LogP contribution < -0.4 is 10.1 Å². The number of ether oxygens (including phenoxy) is 1. The number of carbonyl (C=O) groups excluding carboxylic acids is 1. The number of para-hydroxylation sites is 1. The van der Waals surface area contributed by atoms with Crippen LogP contribution in [0.2, 0.25) is 5.02 Å². The fraction of sp³-hybridized carbons (Fsp3) is 0.167. The lowest BCUT2D eigenvalue weighted by Gasteiger charge is -2.17. The van der Waals surface area contributed by atoms with Crippen molar-refractivity contribution >= 4 is 28.4 Å². The molecule has 1 unspecified atom stereocenters. The van der Waals surface area contributed by atoms with Gasteiger partial charge in [-0.2, -0.15) is 8.78 Å². The molecule has 1 aromatic heterocycles. The molecule has 0 bridgehead atoms. The zero-order chi connectivity index (χ0) is 18.0. The number of halogens is 3. The molecular weight excluding hydrogens is 350 g/mol. The zero-order valence-electron chi connectivity index (χ0n) is 13.2. The van der Waals surface area contributed by atoms with Crippen LogP contribution in [0.25, 0.3) is 10.9 Å². The summed E-state index contributed by atoms with van der Waals surface area (Å²) in [6.45, 7) is -1.23. The normalized spacial score (nSPS) is 12.4. The molecule has 25 heavy (non-hydrogen) atoms. The van der Waals surface area contributed by atoms with E-state index >= 15 is 0 Å². The van der Waals surface area contributed by atoms with Crippen molar-refractivity contribution in [1.29, 1.82) is 0 Å². The van der Waals surface area contributed by atoms with Gasteiger partial charge in [0.05, 0.1) is 6.04 Å². The summed E-state index contributed by atoms with van der Waals surface area (Å²) in [7, 11) is 0. The molecule has 0 saturated heterocycles. The minimum Gasteiger partial charge on any atom is -0.434 e. The second-order valence-corrected chi connectivity index (χ2v) is 5.96. The number of benzene rings is 2. The molecule has 0 aliphatic heterocycles. The summed E-state index contributed by atoms with van der Waals surface area (Å²) in [5.41, 5.74) is 1.57. The Hall–Kier alpha value is -2.60. The number of hydrogen-bond acceptors (Lipinski definition) is 2. The maximum atomic E-state index is 12.5. The maximum Gasteiger partial charge on any atom is 0.387 e. The average Bonchev–Trinajstić information content (AvgIpc) is 2.98. The monoisotopic (exact) mass is 364 g/mol. The van der Waals surface area contributed by atoms with Crippen LogP contribution in [0.15, 0.2) is 48.5 Å². The predicted octanol–water partition coefficient (Wildman–Crippen LogP) is 4.91. The van der Waals surface area contributed by atoms with Gasteiger partial charge in [0.2, 0.25) is 0 Å². The molecular formula is C18H15ClF2N2O2. The maximum absolute atomic E-state index is 12.5. The lowest BCUT2D eigenvalue weighted by Crippen LogP contribution is -2.27. The highest BCUT2D eigenvalue weighted by atomic mass is 35.5. The second-order valence-electron chi connectivity index (χ2n) is 5.53. The minimum absolute atomic E-state index is 0.0359. The van der Waals surface area contributed by atoms with Crippen molar-refractivity contribution in [2.75, 3.05) is 0 Å². The molecule has 0 saturated carbocycles. The predicted molar refractivity (Wildman–Crippen MR) is 92.3 cm³/mol. The third-order valence-electron chi connectivity index (χ3n) is 3.78. The fourth-order valence-electron chi connectivity index (χ4n) is 2.62. The molecule has 1 heterocycles. The van der Waals surface area contributed by atoms with E-state index in [1.54, 1.807) is 49.4 Å². The summed E-state index contributed by atoms with van der Waals surface area (Å²) in [5.74, 6) is -0.319. The Morgan fingerprint density at radius 2 is 1.96 bits per heavy atom. The highest BCUT2D eigenvalue weighted by Gasteiger charge is 2.18. The van der Waals surface area contributed by atoms with Crippen molar-refractivity contribution in [1.82, 2.24) is 10.3 Å². The molecule has 0 radical (unpaired) electrons. The number of carbonyl (C=O) groups is 1. The Morgan fingerprint density at radius 1 is 1.20 bits per heavy atom. The summed E-state index contributed by atoms with van der Waals surface area (Å²) in [6, 6.07) is 12.8. The highest BCUT2D eigenvalue weighted by Crippen LogP contribution is 2.27. The SMILES string of the molecule is CC(NC(=O)c1cc2ccc(Cl)cc2[nH]1)c1ccccc1OC(F)F. The lowest BCUT2D eigenvalue weighted by molar-refractivity contribution is -0.0506. The largest absolute Gasteiger partial charge is 0.434 e. The van der Waals surface area contributed by atoms with Crippen molar-refractivity contribution in [3.8, 4) is 5.75 Å². The topological polar surface area (TPSA) is 54.1 Å². The van der Waals surface area contributed by atoms with E-state index in [0.717, 1.165) is 10.9 Å². The quantitative estimate of drug-likeness (QED) is 0.675. The van der Waals surface area contributed by atoms with Crippen LogP contribution in [0.4, 0.5) is 8.78 Å². The van der Waals surface area contributed by atoms with E-state index < -0.39 is 12.7 Å². The molecule has 3 rings (SSSR count). The van der Waals surface area contributed by atoms with Crippen molar-refractivity contribution < 1.29 is 18.3 Å². The van der Waals surface area contributed by atoms with Gasteiger partial charge in [-0.1, -0.05) is 35.9 Å². The van der Waals surface area contributed by atoms with Gasteiger partial charge in [-0.3, -0.25) is 4.79 Å². The molecule has 4 nitrogen and oxygen atoms in total. The van der Waals surface area contributed by atoms with E-state index in [2.05, 4.69) is 15.0 Å². The average molecular weight is 365 g/mol. The Morgan fingerprint density at radius 3 is 2.72 bits per heavy atom. The first kappa shape index (κ1) is 17.2. The van der Waals surface area contributed by atoms with E-state index in [-0.39, 0.29) is 11.7 Å². The third kappa shape index (κ3) is 3.91. The Kier molecular flexibility index (Phi) is 4.90. The molecule has 7 heteroatoms. The van der Waals surface area contributed by atoms with Crippen molar-refractivity contribution in [2.24, 2.45) is 0 Å². The number of rotatable bonds is 5. The van der Waals surface area contributed by atoms with Gasteiger partial charge in [0, 0.05) is 21.5 Å². The van der Waals surface area contributed by atoms with E-state index in [9.17, 15) is 13.6 Å². The summed E-state index contributed by atoms with van der Waals surface area (Å²) in [6.07, 6.45) is 0. The number of aromatic amines is 1. The van der Waals surface area contributed by atoms with Gasteiger partial charge >= 0.3 is 6.61 Å². The number of amides is 1. The Bertz CT molecular complexity index is 911. The fourth-order valence-corrected chi connectivity index (χ4v) is 2.79. The Balaban J connectivity index is 1.80. The number of nitrogens with one attached hydrogen (secondary N) is 2. The van der Waals surface area contributed by atoms with Gasteiger partial charge in [-0.05, 0) is 31.2 Å². The summed E-state index contributed by atoms with van der Waals surface area (Å²) in [5, 5.41) is 4.19. The number of H-pyrrole nitrogens is 1. The van der Waals surface area contributed by atoms with Crippen LogP contribution in [-0.2, 0) is 0 Å². The van der Waals surface area contributed by atoms with Crippen LogP contribution in [0.5, 0.6) is 5.75 Å². The number of fused-ring (bicyclic) bond motifs is 1. The molecule has 130 valence electrons. The summed E-state index contributed by atoms with van der Waals surface area (Å²) < 4.78 is 29.5. The molecule has 0 spiro atoms.